The number of nitrogens with zero attached hydrogens (tertiary/aromatic N) is 2. The quantitative estimate of drug-likeness (QED) is 0.590. The molecule has 1 heterocycles. The molecule has 1 aliphatic heterocycles. The van der Waals surface area contributed by atoms with Crippen LogP contribution in [0.15, 0.2) is 53.6 Å². The first-order chi connectivity index (χ1) is 13.6. The third-order valence-corrected chi connectivity index (χ3v) is 4.19. The molecular formula is C21H21N3O4. The molecule has 2 aromatic carbocycles. The van der Waals surface area contributed by atoms with Crippen molar-refractivity contribution < 1.29 is 19.0 Å². The molecule has 0 aromatic heterocycles. The van der Waals surface area contributed by atoms with Crippen LogP contribution in [0.1, 0.15) is 30.0 Å². The topological polar surface area (TPSA) is 92.9 Å². The molecule has 1 saturated heterocycles. The largest absolute Gasteiger partial charge is 0.489 e. The van der Waals surface area contributed by atoms with E-state index in [-0.39, 0.29) is 12.3 Å². The molecular weight excluding hydrogens is 358 g/mol. The molecule has 0 unspecified atom stereocenters. The highest BCUT2D eigenvalue weighted by atomic mass is 16.7. The van der Waals surface area contributed by atoms with Gasteiger partial charge in [-0.25, -0.2) is 5.43 Å². The number of hydrogen-bond acceptors (Lipinski definition) is 6. The first-order valence-electron chi connectivity index (χ1n) is 8.89. The molecule has 0 aliphatic carbocycles. The van der Waals surface area contributed by atoms with E-state index in [9.17, 15) is 4.79 Å². The van der Waals surface area contributed by atoms with Crippen molar-refractivity contribution in [3.05, 3.63) is 65.2 Å². The van der Waals surface area contributed by atoms with E-state index >= 15 is 0 Å². The normalized spacial score (nSPS) is 15.3. The van der Waals surface area contributed by atoms with Crippen LogP contribution in [0.3, 0.4) is 0 Å². The number of hydrogen-bond donors (Lipinski definition) is 1. The number of nitriles is 1. The summed E-state index contributed by atoms with van der Waals surface area (Å²) >= 11 is 0. The number of carbonyl (C=O) groups is 1. The Kier molecular flexibility index (Phi) is 6.37. The maximum atomic E-state index is 11.9. The molecule has 3 rings (SSSR count). The fourth-order valence-corrected chi connectivity index (χ4v) is 2.74. The first-order valence-corrected chi connectivity index (χ1v) is 8.89. The summed E-state index contributed by atoms with van der Waals surface area (Å²) < 4.78 is 16.5. The molecule has 7 nitrogen and oxygen atoms in total. The maximum Gasteiger partial charge on any atom is 0.245 e. The van der Waals surface area contributed by atoms with Gasteiger partial charge in [-0.3, -0.25) is 4.79 Å². The Hall–Kier alpha value is -3.21. The lowest BCUT2D eigenvalue weighted by molar-refractivity contribution is -0.159. The van der Waals surface area contributed by atoms with Crippen molar-refractivity contribution in [2.24, 2.45) is 5.10 Å². The zero-order chi connectivity index (χ0) is 19.8. The second kappa shape index (κ2) is 9.13. The third kappa shape index (κ3) is 5.39. The fraction of sp³-hybridized carbons (Fsp3) is 0.286. The number of amides is 1. The first kappa shape index (κ1) is 19.5. The Labute approximate surface area is 163 Å². The van der Waals surface area contributed by atoms with E-state index < -0.39 is 5.79 Å². The average molecular weight is 379 g/mol. The highest BCUT2D eigenvalue weighted by Crippen LogP contribution is 2.22. The minimum Gasteiger partial charge on any atom is -0.489 e. The van der Waals surface area contributed by atoms with Gasteiger partial charge in [-0.2, -0.15) is 10.4 Å². The summed E-state index contributed by atoms with van der Waals surface area (Å²) in [6.45, 7) is 3.03. The Bertz CT molecular complexity index is 881. The van der Waals surface area contributed by atoms with Gasteiger partial charge in [0.15, 0.2) is 5.79 Å². The molecule has 1 N–H and O–H groups in total. The molecule has 1 amide bonds. The van der Waals surface area contributed by atoms with E-state index in [0.717, 1.165) is 11.1 Å². The van der Waals surface area contributed by atoms with Crippen LogP contribution in [0.4, 0.5) is 0 Å². The van der Waals surface area contributed by atoms with Gasteiger partial charge in [0.05, 0.1) is 37.5 Å². The zero-order valence-electron chi connectivity index (χ0n) is 15.6. The van der Waals surface area contributed by atoms with Crippen LogP contribution in [0.2, 0.25) is 0 Å². The van der Waals surface area contributed by atoms with Gasteiger partial charge >= 0.3 is 0 Å². The molecule has 1 aliphatic rings. The van der Waals surface area contributed by atoms with E-state index in [0.29, 0.717) is 31.1 Å². The van der Waals surface area contributed by atoms with Crippen molar-refractivity contribution >= 4 is 12.1 Å². The van der Waals surface area contributed by atoms with Crippen molar-refractivity contribution in [3.8, 4) is 11.8 Å². The van der Waals surface area contributed by atoms with Crippen molar-refractivity contribution in [1.82, 2.24) is 5.43 Å². The van der Waals surface area contributed by atoms with Crippen molar-refractivity contribution in [3.63, 3.8) is 0 Å². The van der Waals surface area contributed by atoms with E-state index in [1.165, 1.54) is 0 Å². The second-order valence-electron chi connectivity index (χ2n) is 6.43. The summed E-state index contributed by atoms with van der Waals surface area (Å²) in [5, 5.41) is 13.1. The Morgan fingerprint density at radius 2 is 1.96 bits per heavy atom. The number of nitrogens with one attached hydrogen (secondary N) is 1. The van der Waals surface area contributed by atoms with Crippen LogP contribution < -0.4 is 10.2 Å². The Morgan fingerprint density at radius 3 is 2.68 bits per heavy atom. The van der Waals surface area contributed by atoms with Crippen molar-refractivity contribution in [1.29, 1.82) is 5.26 Å². The highest BCUT2D eigenvalue weighted by molar-refractivity contribution is 5.82. The summed E-state index contributed by atoms with van der Waals surface area (Å²) in [6.07, 6.45) is 1.63. The smallest absolute Gasteiger partial charge is 0.245 e. The molecule has 0 saturated carbocycles. The summed E-state index contributed by atoms with van der Waals surface area (Å²) in [6, 6.07) is 16.7. The minimum absolute atomic E-state index is 0.0846. The van der Waals surface area contributed by atoms with Gasteiger partial charge < -0.3 is 14.2 Å². The molecule has 0 bridgehead atoms. The molecule has 2 aromatic rings. The standard InChI is InChI=1S/C21H21N3O4/c1-21(27-10-11-28-21)12-20(25)24-23-14-16-6-8-19(9-7-16)26-15-18-5-3-2-4-17(18)13-22/h2-9,14H,10-12,15H2,1H3,(H,24,25)/b23-14+. The SMILES string of the molecule is CC1(CC(=O)N/N=C/c2ccc(OCc3ccccc3C#N)cc2)OCCO1. The van der Waals surface area contributed by atoms with Crippen LogP contribution in [0.5, 0.6) is 5.75 Å². The van der Waals surface area contributed by atoms with Crippen LogP contribution in [-0.2, 0) is 20.9 Å². The van der Waals surface area contributed by atoms with E-state index in [2.05, 4.69) is 16.6 Å². The van der Waals surface area contributed by atoms with Gasteiger partial charge in [-0.05, 0) is 42.8 Å². The van der Waals surface area contributed by atoms with Crippen LogP contribution in [0.25, 0.3) is 0 Å². The summed E-state index contributed by atoms with van der Waals surface area (Å²) in [4.78, 5) is 11.9. The number of ether oxygens (including phenoxy) is 3. The van der Waals surface area contributed by atoms with Gasteiger partial charge in [-0.1, -0.05) is 18.2 Å². The molecule has 1 fully saturated rings. The number of carbonyl (C=O) groups excluding carboxylic acids is 1. The van der Waals surface area contributed by atoms with Crippen molar-refractivity contribution in [2.45, 2.75) is 25.7 Å². The third-order valence-electron chi connectivity index (χ3n) is 4.19. The van der Waals surface area contributed by atoms with Crippen LogP contribution in [-0.4, -0.2) is 31.1 Å². The van der Waals surface area contributed by atoms with E-state index in [1.807, 2.05) is 30.3 Å². The molecule has 0 atom stereocenters. The molecule has 0 radical (unpaired) electrons. The predicted molar refractivity (Wildman–Crippen MR) is 103 cm³/mol. The van der Waals surface area contributed by atoms with Gasteiger partial charge in [0.2, 0.25) is 5.91 Å². The summed E-state index contributed by atoms with van der Waals surface area (Å²) in [7, 11) is 0. The number of hydrazone groups is 1. The fourth-order valence-electron chi connectivity index (χ4n) is 2.74. The Morgan fingerprint density at radius 1 is 1.25 bits per heavy atom. The number of benzene rings is 2. The van der Waals surface area contributed by atoms with Gasteiger partial charge in [0.1, 0.15) is 12.4 Å². The van der Waals surface area contributed by atoms with Gasteiger partial charge in [0.25, 0.3) is 0 Å². The number of rotatable bonds is 7. The lowest BCUT2D eigenvalue weighted by Gasteiger charge is -2.20. The Balaban J connectivity index is 1.48. The highest BCUT2D eigenvalue weighted by Gasteiger charge is 2.33. The van der Waals surface area contributed by atoms with E-state index in [4.69, 9.17) is 19.5 Å². The predicted octanol–water partition coefficient (Wildman–Crippen LogP) is 2.74. The zero-order valence-corrected chi connectivity index (χ0v) is 15.6. The molecule has 0 spiro atoms. The second-order valence-corrected chi connectivity index (χ2v) is 6.43. The lowest BCUT2D eigenvalue weighted by atomic mass is 10.1. The maximum absolute atomic E-state index is 11.9. The average Bonchev–Trinajstić information content (AvgIpc) is 3.13. The summed E-state index contributed by atoms with van der Waals surface area (Å²) in [5.41, 5.74) is 4.71. The molecule has 7 heteroatoms. The summed E-state index contributed by atoms with van der Waals surface area (Å²) in [5.74, 6) is -0.475. The van der Waals surface area contributed by atoms with Gasteiger partial charge in [-0.15, -0.1) is 0 Å². The van der Waals surface area contributed by atoms with Crippen LogP contribution >= 0.6 is 0 Å². The van der Waals surface area contributed by atoms with Crippen molar-refractivity contribution in [2.75, 3.05) is 13.2 Å². The lowest BCUT2D eigenvalue weighted by Crippen LogP contribution is -2.33. The van der Waals surface area contributed by atoms with Gasteiger partial charge in [0, 0.05) is 5.56 Å². The monoisotopic (exact) mass is 379 g/mol. The van der Waals surface area contributed by atoms with E-state index in [1.54, 1.807) is 31.3 Å². The molecule has 144 valence electrons. The van der Waals surface area contributed by atoms with Crippen LogP contribution in [0, 0.1) is 11.3 Å². The minimum atomic E-state index is -0.872. The molecule has 28 heavy (non-hydrogen) atoms.